The molecule has 0 aromatic carbocycles. The van der Waals surface area contributed by atoms with Crippen LogP contribution in [0, 0.1) is 0 Å². The topological polar surface area (TPSA) is 117 Å². The molecule has 2 rings (SSSR count). The van der Waals surface area contributed by atoms with Crippen molar-refractivity contribution < 1.29 is 18.9 Å². The Hall–Kier alpha value is -2.45. The van der Waals surface area contributed by atoms with Gasteiger partial charge in [-0.2, -0.15) is 4.98 Å². The number of nitrogens with zero attached hydrogens (tertiary/aromatic N) is 3. The third-order valence-corrected chi connectivity index (χ3v) is 3.39. The molecule has 1 aliphatic rings. The van der Waals surface area contributed by atoms with Gasteiger partial charge in [0.25, 0.3) is 5.91 Å². The molecule has 120 valence electrons. The first kappa shape index (κ1) is 15.9. The lowest BCUT2D eigenvalue weighted by atomic mass is 10.1. The second kappa shape index (κ2) is 7.01. The predicted molar refractivity (Wildman–Crippen MR) is 74.5 cm³/mol. The molecule has 0 spiro atoms. The molecule has 1 fully saturated rings. The van der Waals surface area contributed by atoms with E-state index in [0.717, 1.165) is 0 Å². The Labute approximate surface area is 127 Å². The molecule has 4 amide bonds. The largest absolute Gasteiger partial charge is 0.337 e. The molecule has 1 aromatic rings. The molecule has 1 aliphatic heterocycles. The summed E-state index contributed by atoms with van der Waals surface area (Å²) in [5, 5.41) is 8.39. The minimum absolute atomic E-state index is 0.132. The molecule has 0 bridgehead atoms. The van der Waals surface area contributed by atoms with Gasteiger partial charge in [-0.3, -0.25) is 14.9 Å². The van der Waals surface area contributed by atoms with Crippen LogP contribution in [0.4, 0.5) is 4.79 Å². The molecule has 0 unspecified atom stereocenters. The van der Waals surface area contributed by atoms with Crippen molar-refractivity contribution in [2.45, 2.75) is 45.7 Å². The minimum atomic E-state index is -0.648. The molecule has 1 aromatic heterocycles. The van der Waals surface area contributed by atoms with Gasteiger partial charge in [-0.05, 0) is 13.3 Å². The molecular weight excluding hydrogens is 290 g/mol. The summed E-state index contributed by atoms with van der Waals surface area (Å²) in [6, 6.07) is -1.17. The summed E-state index contributed by atoms with van der Waals surface area (Å²) < 4.78 is 5.07. The quantitative estimate of drug-likeness (QED) is 0.683. The molecule has 0 radical (unpaired) electrons. The van der Waals surface area contributed by atoms with Crippen molar-refractivity contribution in [3.05, 3.63) is 11.7 Å². The maximum Gasteiger partial charge on any atom is 0.322 e. The van der Waals surface area contributed by atoms with Crippen molar-refractivity contribution in [3.8, 4) is 0 Å². The summed E-state index contributed by atoms with van der Waals surface area (Å²) in [6.45, 7) is 4.49. The Bertz CT molecular complexity index is 571. The van der Waals surface area contributed by atoms with Gasteiger partial charge in [0, 0.05) is 19.4 Å². The van der Waals surface area contributed by atoms with E-state index in [0.29, 0.717) is 24.7 Å². The van der Waals surface area contributed by atoms with Crippen LogP contribution in [0.5, 0.6) is 0 Å². The highest BCUT2D eigenvalue weighted by Gasteiger charge is 2.30. The van der Waals surface area contributed by atoms with Crippen molar-refractivity contribution in [1.82, 2.24) is 25.7 Å². The van der Waals surface area contributed by atoms with Gasteiger partial charge in [-0.15, -0.1) is 0 Å². The molecule has 0 saturated carbocycles. The normalized spacial score (nSPS) is 17.3. The lowest BCUT2D eigenvalue weighted by Crippen LogP contribution is -2.34. The van der Waals surface area contributed by atoms with E-state index in [2.05, 4.69) is 20.8 Å². The van der Waals surface area contributed by atoms with E-state index < -0.39 is 18.0 Å². The van der Waals surface area contributed by atoms with E-state index in [1.165, 1.54) is 0 Å². The van der Waals surface area contributed by atoms with Crippen molar-refractivity contribution in [2.24, 2.45) is 0 Å². The molecule has 0 aliphatic carbocycles. The molecule has 9 nitrogen and oxygen atoms in total. The van der Waals surface area contributed by atoms with E-state index >= 15 is 0 Å². The number of hydrogen-bond acceptors (Lipinski definition) is 6. The Balaban J connectivity index is 1.86. The zero-order valence-corrected chi connectivity index (χ0v) is 12.6. The molecule has 2 N–H and O–H groups in total. The Morgan fingerprint density at radius 3 is 2.68 bits per heavy atom. The van der Waals surface area contributed by atoms with Gasteiger partial charge in [0.2, 0.25) is 11.8 Å². The van der Waals surface area contributed by atoms with E-state index in [1.807, 2.05) is 13.8 Å². The average molecular weight is 309 g/mol. The fourth-order valence-electron chi connectivity index (χ4n) is 2.13. The third kappa shape index (κ3) is 3.80. The van der Waals surface area contributed by atoms with Crippen LogP contribution in [-0.2, 0) is 22.6 Å². The first-order valence-electron chi connectivity index (χ1n) is 7.24. The van der Waals surface area contributed by atoms with Crippen molar-refractivity contribution >= 4 is 17.8 Å². The summed E-state index contributed by atoms with van der Waals surface area (Å²) in [4.78, 5) is 40.3. The third-order valence-electron chi connectivity index (χ3n) is 3.39. The number of amides is 4. The van der Waals surface area contributed by atoms with E-state index in [9.17, 15) is 14.4 Å². The highest BCUT2D eigenvalue weighted by molar-refractivity contribution is 6.04. The van der Waals surface area contributed by atoms with Crippen LogP contribution in [0.1, 0.15) is 38.4 Å². The maximum atomic E-state index is 12.2. The molecule has 1 atom stereocenters. The fourth-order valence-corrected chi connectivity index (χ4v) is 2.13. The number of aromatic nitrogens is 2. The Morgan fingerprint density at radius 1 is 1.36 bits per heavy atom. The van der Waals surface area contributed by atoms with E-state index in [-0.39, 0.29) is 25.3 Å². The zero-order valence-electron chi connectivity index (χ0n) is 12.6. The average Bonchev–Trinajstić information content (AvgIpc) is 3.08. The Kier molecular flexibility index (Phi) is 5.08. The number of aryl methyl sites for hydroxylation is 1. The summed E-state index contributed by atoms with van der Waals surface area (Å²) in [5.41, 5.74) is 0. The van der Waals surface area contributed by atoms with Crippen molar-refractivity contribution in [1.29, 1.82) is 0 Å². The minimum Gasteiger partial charge on any atom is -0.337 e. The number of urea groups is 1. The molecule has 22 heavy (non-hydrogen) atoms. The number of carbonyl (C=O) groups is 3. The highest BCUT2D eigenvalue weighted by atomic mass is 16.5. The lowest BCUT2D eigenvalue weighted by Gasteiger charge is -2.19. The van der Waals surface area contributed by atoms with Gasteiger partial charge >= 0.3 is 6.03 Å². The molecular formula is C13H19N5O4. The Morgan fingerprint density at radius 2 is 2.14 bits per heavy atom. The molecule has 2 heterocycles. The SMILES string of the molecule is CCc1noc(CN(CC)C(=O)CC[C@H]2NC(=O)NC2=O)n1. The van der Waals surface area contributed by atoms with Gasteiger partial charge in [-0.25, -0.2) is 4.79 Å². The van der Waals surface area contributed by atoms with Crippen LogP contribution in [0.25, 0.3) is 0 Å². The van der Waals surface area contributed by atoms with E-state index in [1.54, 1.807) is 4.90 Å². The predicted octanol–water partition coefficient (Wildman–Crippen LogP) is -0.0313. The van der Waals surface area contributed by atoms with Gasteiger partial charge in [0.15, 0.2) is 5.82 Å². The van der Waals surface area contributed by atoms with Crippen LogP contribution < -0.4 is 10.6 Å². The summed E-state index contributed by atoms with van der Waals surface area (Å²) in [7, 11) is 0. The van der Waals surface area contributed by atoms with Gasteiger partial charge < -0.3 is 14.7 Å². The number of rotatable bonds is 7. The van der Waals surface area contributed by atoms with Crippen LogP contribution in [0.2, 0.25) is 0 Å². The van der Waals surface area contributed by atoms with Crippen LogP contribution in [0.15, 0.2) is 4.52 Å². The van der Waals surface area contributed by atoms with Gasteiger partial charge in [0.05, 0.1) is 6.54 Å². The fraction of sp³-hybridized carbons (Fsp3) is 0.615. The van der Waals surface area contributed by atoms with Crippen LogP contribution in [-0.4, -0.2) is 45.5 Å². The lowest BCUT2D eigenvalue weighted by molar-refractivity contribution is -0.132. The maximum absolute atomic E-state index is 12.2. The number of nitrogens with one attached hydrogen (secondary N) is 2. The first-order valence-corrected chi connectivity index (χ1v) is 7.24. The summed E-state index contributed by atoms with van der Waals surface area (Å²) in [6.07, 6.45) is 1.08. The second-order valence-corrected chi connectivity index (χ2v) is 4.92. The smallest absolute Gasteiger partial charge is 0.322 e. The van der Waals surface area contributed by atoms with Gasteiger partial charge in [-0.1, -0.05) is 12.1 Å². The van der Waals surface area contributed by atoms with E-state index in [4.69, 9.17) is 4.52 Å². The number of carbonyl (C=O) groups excluding carboxylic acids is 3. The standard InChI is InChI=1S/C13H19N5O4/c1-3-9-15-10(22-17-9)7-18(4-2)11(19)6-5-8-12(20)16-13(21)14-8/h8H,3-7H2,1-2H3,(H2,14,16,20,21)/t8-/m1/s1. The molecule has 9 heteroatoms. The summed E-state index contributed by atoms with van der Waals surface area (Å²) in [5.74, 6) is 0.459. The monoisotopic (exact) mass is 309 g/mol. The second-order valence-electron chi connectivity index (χ2n) is 4.92. The van der Waals surface area contributed by atoms with Crippen LogP contribution in [0.3, 0.4) is 0 Å². The highest BCUT2D eigenvalue weighted by Crippen LogP contribution is 2.09. The van der Waals surface area contributed by atoms with Crippen molar-refractivity contribution in [3.63, 3.8) is 0 Å². The first-order chi connectivity index (χ1) is 10.5. The number of hydrogen-bond donors (Lipinski definition) is 2. The zero-order chi connectivity index (χ0) is 16.1. The van der Waals surface area contributed by atoms with Crippen LogP contribution >= 0.6 is 0 Å². The molecule has 1 saturated heterocycles. The number of imide groups is 1. The van der Waals surface area contributed by atoms with Crippen molar-refractivity contribution in [2.75, 3.05) is 6.54 Å². The summed E-state index contributed by atoms with van der Waals surface area (Å²) >= 11 is 0. The van der Waals surface area contributed by atoms with Gasteiger partial charge in [0.1, 0.15) is 6.04 Å².